The molecule has 2 N–H and O–H groups in total. The van der Waals surface area contributed by atoms with Crippen LogP contribution in [0.4, 0.5) is 5.69 Å². The van der Waals surface area contributed by atoms with Crippen LogP contribution < -0.4 is 5.32 Å². The van der Waals surface area contributed by atoms with Gasteiger partial charge in [-0.25, -0.2) is 4.98 Å². The second-order valence-electron chi connectivity index (χ2n) is 4.88. The molecule has 2 heterocycles. The van der Waals surface area contributed by atoms with Gasteiger partial charge >= 0.3 is 0 Å². The fourth-order valence-corrected chi connectivity index (χ4v) is 2.25. The summed E-state index contributed by atoms with van der Waals surface area (Å²) in [6.07, 6.45) is 6.20. The summed E-state index contributed by atoms with van der Waals surface area (Å²) < 4.78 is 5.57. The monoisotopic (exact) mass is 270 g/mol. The maximum Gasteiger partial charge on any atom is 0.183 e. The van der Waals surface area contributed by atoms with Crippen LogP contribution in [-0.2, 0) is 4.74 Å². The molecule has 5 nitrogen and oxygen atoms in total. The summed E-state index contributed by atoms with van der Waals surface area (Å²) in [7, 11) is 0. The zero-order chi connectivity index (χ0) is 13.8. The Morgan fingerprint density at radius 2 is 2.30 bits per heavy atom. The molecule has 0 fully saturated rings. The SMILES string of the molecule is Cc1nc(-c2ccccc2NCC2CCC=CO2)n[nH]1. The second-order valence-corrected chi connectivity index (χ2v) is 4.88. The van der Waals surface area contributed by atoms with Crippen molar-refractivity contribution in [2.45, 2.75) is 25.9 Å². The van der Waals surface area contributed by atoms with Gasteiger partial charge in [0.1, 0.15) is 11.9 Å². The third-order valence-corrected chi connectivity index (χ3v) is 3.31. The molecular weight excluding hydrogens is 252 g/mol. The lowest BCUT2D eigenvalue weighted by atomic mass is 10.1. The van der Waals surface area contributed by atoms with Crippen LogP contribution in [0.15, 0.2) is 36.6 Å². The number of hydrogen-bond donors (Lipinski definition) is 2. The predicted octanol–water partition coefficient (Wildman–Crippen LogP) is 2.88. The van der Waals surface area contributed by atoms with Crippen molar-refractivity contribution in [3.8, 4) is 11.4 Å². The van der Waals surface area contributed by atoms with Gasteiger partial charge in [-0.15, -0.1) is 0 Å². The molecule has 0 radical (unpaired) electrons. The van der Waals surface area contributed by atoms with E-state index >= 15 is 0 Å². The molecular formula is C15H18N4O. The minimum atomic E-state index is 0.224. The van der Waals surface area contributed by atoms with Crippen LogP contribution in [0.2, 0.25) is 0 Å². The minimum absolute atomic E-state index is 0.224. The van der Waals surface area contributed by atoms with Crippen molar-refractivity contribution < 1.29 is 4.74 Å². The highest BCUT2D eigenvalue weighted by Crippen LogP contribution is 2.25. The van der Waals surface area contributed by atoms with E-state index in [0.29, 0.717) is 0 Å². The normalized spacial score (nSPS) is 17.8. The number of nitrogens with zero attached hydrogens (tertiary/aromatic N) is 2. The number of benzene rings is 1. The van der Waals surface area contributed by atoms with E-state index in [0.717, 1.165) is 42.3 Å². The minimum Gasteiger partial charge on any atom is -0.497 e. The molecule has 1 unspecified atom stereocenters. The smallest absolute Gasteiger partial charge is 0.183 e. The van der Waals surface area contributed by atoms with Crippen LogP contribution in [0, 0.1) is 6.92 Å². The van der Waals surface area contributed by atoms with E-state index < -0.39 is 0 Å². The molecule has 20 heavy (non-hydrogen) atoms. The first-order valence-corrected chi connectivity index (χ1v) is 6.85. The van der Waals surface area contributed by atoms with E-state index in [9.17, 15) is 0 Å². The van der Waals surface area contributed by atoms with Crippen molar-refractivity contribution in [2.75, 3.05) is 11.9 Å². The molecule has 104 valence electrons. The molecule has 1 aromatic carbocycles. The van der Waals surface area contributed by atoms with E-state index in [1.165, 1.54) is 0 Å². The Morgan fingerprint density at radius 3 is 3.05 bits per heavy atom. The molecule has 1 atom stereocenters. The van der Waals surface area contributed by atoms with Gasteiger partial charge in [0, 0.05) is 11.3 Å². The number of rotatable bonds is 4. The van der Waals surface area contributed by atoms with Crippen molar-refractivity contribution >= 4 is 5.69 Å². The van der Waals surface area contributed by atoms with E-state index in [1.54, 1.807) is 6.26 Å². The fourth-order valence-electron chi connectivity index (χ4n) is 2.25. The van der Waals surface area contributed by atoms with Gasteiger partial charge in [0.2, 0.25) is 0 Å². The summed E-state index contributed by atoms with van der Waals surface area (Å²) >= 11 is 0. The first kappa shape index (κ1) is 12.7. The van der Waals surface area contributed by atoms with E-state index in [-0.39, 0.29) is 6.10 Å². The Hall–Kier alpha value is -2.30. The number of aromatic amines is 1. The number of aryl methyl sites for hydroxylation is 1. The number of aromatic nitrogens is 3. The zero-order valence-electron chi connectivity index (χ0n) is 11.5. The predicted molar refractivity (Wildman–Crippen MR) is 78.3 cm³/mol. The molecule has 0 spiro atoms. The molecule has 0 amide bonds. The lowest BCUT2D eigenvalue weighted by Gasteiger charge is -2.20. The molecule has 5 heteroatoms. The van der Waals surface area contributed by atoms with Gasteiger partial charge in [-0.05, 0) is 38.0 Å². The summed E-state index contributed by atoms with van der Waals surface area (Å²) in [4.78, 5) is 4.39. The number of allylic oxidation sites excluding steroid dienone is 1. The lowest BCUT2D eigenvalue weighted by Crippen LogP contribution is -2.23. The number of para-hydroxylation sites is 1. The maximum absolute atomic E-state index is 5.57. The van der Waals surface area contributed by atoms with Crippen LogP contribution in [0.25, 0.3) is 11.4 Å². The number of hydrogen-bond acceptors (Lipinski definition) is 4. The summed E-state index contributed by atoms with van der Waals surface area (Å²) in [6, 6.07) is 8.06. The average molecular weight is 270 g/mol. The Labute approximate surface area is 118 Å². The third kappa shape index (κ3) is 2.82. The average Bonchev–Trinajstić information content (AvgIpc) is 2.93. The van der Waals surface area contributed by atoms with E-state index in [4.69, 9.17) is 4.74 Å². The molecule has 2 aromatic rings. The molecule has 1 aliphatic heterocycles. The largest absolute Gasteiger partial charge is 0.497 e. The molecule has 0 bridgehead atoms. The first-order chi connectivity index (χ1) is 9.83. The van der Waals surface area contributed by atoms with Crippen molar-refractivity contribution in [2.24, 2.45) is 0 Å². The maximum atomic E-state index is 5.57. The highest BCUT2D eigenvalue weighted by Gasteiger charge is 2.13. The molecule has 0 aliphatic carbocycles. The fraction of sp³-hybridized carbons (Fsp3) is 0.333. The summed E-state index contributed by atoms with van der Waals surface area (Å²) in [6.45, 7) is 2.68. The second kappa shape index (κ2) is 5.77. The quantitative estimate of drug-likeness (QED) is 0.896. The summed E-state index contributed by atoms with van der Waals surface area (Å²) in [5.41, 5.74) is 2.04. The van der Waals surface area contributed by atoms with Crippen molar-refractivity contribution in [1.82, 2.24) is 15.2 Å². The van der Waals surface area contributed by atoms with Crippen molar-refractivity contribution in [3.05, 3.63) is 42.4 Å². The number of nitrogens with one attached hydrogen (secondary N) is 2. The van der Waals surface area contributed by atoms with Gasteiger partial charge in [0.15, 0.2) is 5.82 Å². The van der Waals surface area contributed by atoms with Gasteiger partial charge in [0.25, 0.3) is 0 Å². The summed E-state index contributed by atoms with van der Waals surface area (Å²) in [5.74, 6) is 1.53. The van der Waals surface area contributed by atoms with E-state index in [1.807, 2.05) is 31.2 Å². The van der Waals surface area contributed by atoms with Crippen LogP contribution >= 0.6 is 0 Å². The van der Waals surface area contributed by atoms with Gasteiger partial charge in [-0.2, -0.15) is 5.10 Å². The highest BCUT2D eigenvalue weighted by atomic mass is 16.5. The molecule has 0 saturated carbocycles. The van der Waals surface area contributed by atoms with Gasteiger partial charge in [0.05, 0.1) is 12.8 Å². The van der Waals surface area contributed by atoms with Crippen LogP contribution in [0.1, 0.15) is 18.7 Å². The number of H-pyrrole nitrogens is 1. The van der Waals surface area contributed by atoms with Gasteiger partial charge in [-0.1, -0.05) is 12.1 Å². The van der Waals surface area contributed by atoms with E-state index in [2.05, 4.69) is 26.6 Å². The first-order valence-electron chi connectivity index (χ1n) is 6.85. The number of anilines is 1. The molecule has 1 aromatic heterocycles. The standard InChI is InChI=1S/C15H18N4O/c1-11-17-15(19-18-11)13-7-2-3-8-14(13)16-10-12-6-4-5-9-20-12/h2-3,5,7-9,12,16H,4,6,10H2,1H3,(H,17,18,19). The Morgan fingerprint density at radius 1 is 1.40 bits per heavy atom. The van der Waals surface area contributed by atoms with Gasteiger partial charge < -0.3 is 10.1 Å². The van der Waals surface area contributed by atoms with Crippen LogP contribution in [0.5, 0.6) is 0 Å². The van der Waals surface area contributed by atoms with Gasteiger partial charge in [-0.3, -0.25) is 5.10 Å². The van der Waals surface area contributed by atoms with Crippen molar-refractivity contribution in [1.29, 1.82) is 0 Å². The van der Waals surface area contributed by atoms with Crippen LogP contribution in [0.3, 0.4) is 0 Å². The Bertz CT molecular complexity index is 605. The molecule has 3 rings (SSSR count). The number of ether oxygens (including phenoxy) is 1. The lowest BCUT2D eigenvalue weighted by molar-refractivity contribution is 0.135. The van der Waals surface area contributed by atoms with Crippen LogP contribution in [-0.4, -0.2) is 27.8 Å². The molecule has 1 aliphatic rings. The molecule has 0 saturated heterocycles. The topological polar surface area (TPSA) is 62.8 Å². The van der Waals surface area contributed by atoms with Crippen molar-refractivity contribution in [3.63, 3.8) is 0 Å². The highest BCUT2D eigenvalue weighted by molar-refractivity contribution is 5.73. The summed E-state index contributed by atoms with van der Waals surface area (Å²) in [5, 5.41) is 10.5. The zero-order valence-corrected chi connectivity index (χ0v) is 11.5. The Balaban J connectivity index is 1.74. The third-order valence-electron chi connectivity index (χ3n) is 3.31. The Kier molecular flexibility index (Phi) is 3.67.